The minimum Gasteiger partial charge on any atom is -0.465 e. The lowest BCUT2D eigenvalue weighted by Gasteiger charge is -2.01. The van der Waals surface area contributed by atoms with Gasteiger partial charge in [-0.15, -0.1) is 0 Å². The molecule has 0 fully saturated rings. The second-order valence-corrected chi connectivity index (χ2v) is 3.33. The molecule has 1 heterocycles. The summed E-state index contributed by atoms with van der Waals surface area (Å²) < 4.78 is 4.45. The number of aromatic amines is 1. The Morgan fingerprint density at radius 3 is 3.00 bits per heavy atom. The van der Waals surface area contributed by atoms with Crippen LogP contribution in [0.3, 0.4) is 0 Å². The Morgan fingerprint density at radius 1 is 1.50 bits per heavy atom. The number of hydrogen-bond donors (Lipinski definition) is 2. The Balaban J connectivity index is 2.20. The number of nitrogens with one attached hydrogen (secondary N) is 2. The van der Waals surface area contributed by atoms with Crippen LogP contribution in [0.2, 0.25) is 0 Å². The van der Waals surface area contributed by atoms with Gasteiger partial charge >= 0.3 is 5.97 Å². The standard InChI is InChI=1S/C11H9N5O2/c1-18-11(17)7(5-12)6-13-8-2-3-9-10(4-8)15-16-14-9/h2-4,6,13H,1H3,(H,14,15,16)/b7-6+. The SMILES string of the molecule is COC(=O)/C(C#N)=C/Nc1ccc2n[nH]nc2c1. The first-order valence-electron chi connectivity index (χ1n) is 5.00. The number of rotatable bonds is 3. The number of hydrogen-bond acceptors (Lipinski definition) is 6. The first-order chi connectivity index (χ1) is 8.74. The number of aromatic nitrogens is 3. The van der Waals surface area contributed by atoms with Crippen molar-refractivity contribution in [1.82, 2.24) is 15.4 Å². The number of H-pyrrole nitrogens is 1. The molecule has 2 aromatic rings. The third-order valence-corrected chi connectivity index (χ3v) is 2.23. The van der Waals surface area contributed by atoms with Crippen molar-refractivity contribution in [1.29, 1.82) is 5.26 Å². The molecule has 1 aromatic carbocycles. The highest BCUT2D eigenvalue weighted by Crippen LogP contribution is 2.15. The van der Waals surface area contributed by atoms with Gasteiger partial charge in [-0.25, -0.2) is 4.79 Å². The van der Waals surface area contributed by atoms with E-state index in [1.807, 2.05) is 0 Å². The first-order valence-corrected chi connectivity index (χ1v) is 5.00. The lowest BCUT2D eigenvalue weighted by Crippen LogP contribution is -2.05. The van der Waals surface area contributed by atoms with E-state index in [-0.39, 0.29) is 5.57 Å². The van der Waals surface area contributed by atoms with E-state index in [9.17, 15) is 4.79 Å². The molecule has 0 unspecified atom stereocenters. The van der Waals surface area contributed by atoms with Crippen LogP contribution in [-0.2, 0) is 9.53 Å². The molecule has 18 heavy (non-hydrogen) atoms. The van der Waals surface area contributed by atoms with Crippen LogP contribution in [0.25, 0.3) is 11.0 Å². The van der Waals surface area contributed by atoms with Gasteiger partial charge in [0, 0.05) is 11.9 Å². The van der Waals surface area contributed by atoms with Crippen molar-refractivity contribution >= 4 is 22.7 Å². The molecule has 7 nitrogen and oxygen atoms in total. The van der Waals surface area contributed by atoms with Crippen molar-refractivity contribution in [3.63, 3.8) is 0 Å². The van der Waals surface area contributed by atoms with Crippen LogP contribution in [0.15, 0.2) is 30.0 Å². The van der Waals surface area contributed by atoms with Gasteiger partial charge in [0.1, 0.15) is 17.1 Å². The van der Waals surface area contributed by atoms with E-state index in [0.717, 1.165) is 5.52 Å². The zero-order chi connectivity index (χ0) is 13.0. The van der Waals surface area contributed by atoms with E-state index >= 15 is 0 Å². The van der Waals surface area contributed by atoms with Crippen LogP contribution in [-0.4, -0.2) is 28.5 Å². The lowest BCUT2D eigenvalue weighted by atomic mass is 10.2. The van der Waals surface area contributed by atoms with Crippen molar-refractivity contribution in [2.45, 2.75) is 0 Å². The monoisotopic (exact) mass is 243 g/mol. The Kier molecular flexibility index (Phi) is 3.20. The molecule has 7 heteroatoms. The largest absolute Gasteiger partial charge is 0.465 e. The molecule has 0 aliphatic heterocycles. The molecule has 1 aromatic heterocycles. The average Bonchev–Trinajstić information content (AvgIpc) is 2.86. The molecular formula is C11H9N5O2. The highest BCUT2D eigenvalue weighted by atomic mass is 16.5. The number of esters is 1. The van der Waals surface area contributed by atoms with Gasteiger partial charge in [0.25, 0.3) is 0 Å². The smallest absolute Gasteiger partial charge is 0.350 e. The Hall–Kier alpha value is -2.88. The third-order valence-electron chi connectivity index (χ3n) is 2.23. The fourth-order valence-corrected chi connectivity index (χ4v) is 1.33. The number of methoxy groups -OCH3 is 1. The minimum atomic E-state index is -0.687. The zero-order valence-corrected chi connectivity index (χ0v) is 9.47. The average molecular weight is 243 g/mol. The Labute approximate surface area is 102 Å². The molecule has 0 saturated carbocycles. The highest BCUT2D eigenvalue weighted by Gasteiger charge is 2.07. The predicted molar refractivity (Wildman–Crippen MR) is 63.2 cm³/mol. The van der Waals surface area contributed by atoms with Crippen LogP contribution in [0.4, 0.5) is 5.69 Å². The molecule has 90 valence electrons. The van der Waals surface area contributed by atoms with Crippen molar-refractivity contribution in [2.24, 2.45) is 0 Å². The molecule has 0 spiro atoms. The maximum atomic E-state index is 11.2. The zero-order valence-electron chi connectivity index (χ0n) is 9.47. The van der Waals surface area contributed by atoms with Crippen molar-refractivity contribution in [3.8, 4) is 6.07 Å². The number of carbonyl (C=O) groups is 1. The van der Waals surface area contributed by atoms with Crippen LogP contribution >= 0.6 is 0 Å². The summed E-state index contributed by atoms with van der Waals surface area (Å²) in [5.74, 6) is -0.687. The number of fused-ring (bicyclic) bond motifs is 1. The number of ether oxygens (including phenoxy) is 1. The maximum Gasteiger partial charge on any atom is 0.350 e. The van der Waals surface area contributed by atoms with Gasteiger partial charge in [-0.2, -0.15) is 20.7 Å². The maximum absolute atomic E-state index is 11.2. The molecule has 2 N–H and O–H groups in total. The number of benzene rings is 1. The van der Waals surface area contributed by atoms with Gasteiger partial charge < -0.3 is 10.1 Å². The van der Waals surface area contributed by atoms with E-state index in [1.54, 1.807) is 24.3 Å². The molecule has 0 aliphatic carbocycles. The second kappa shape index (κ2) is 4.97. The van der Waals surface area contributed by atoms with Crippen LogP contribution in [0, 0.1) is 11.3 Å². The van der Waals surface area contributed by atoms with E-state index in [1.165, 1.54) is 13.3 Å². The Bertz CT molecular complexity index is 653. The van der Waals surface area contributed by atoms with Gasteiger partial charge in [0.2, 0.25) is 0 Å². The second-order valence-electron chi connectivity index (χ2n) is 3.33. The van der Waals surface area contributed by atoms with Gasteiger partial charge in [-0.1, -0.05) is 0 Å². The normalized spacial score (nSPS) is 11.0. The van der Waals surface area contributed by atoms with Gasteiger partial charge in [0.15, 0.2) is 5.57 Å². The van der Waals surface area contributed by atoms with Gasteiger partial charge in [-0.05, 0) is 18.2 Å². The summed E-state index contributed by atoms with van der Waals surface area (Å²) in [6.45, 7) is 0. The highest BCUT2D eigenvalue weighted by molar-refractivity contribution is 5.93. The summed E-state index contributed by atoms with van der Waals surface area (Å²) in [5, 5.41) is 21.9. The topological polar surface area (TPSA) is 104 Å². The van der Waals surface area contributed by atoms with E-state index in [2.05, 4.69) is 25.5 Å². The number of nitriles is 1. The first kappa shape index (κ1) is 11.6. The third kappa shape index (κ3) is 2.27. The molecular weight excluding hydrogens is 234 g/mol. The Morgan fingerprint density at radius 2 is 2.28 bits per heavy atom. The molecule has 0 aliphatic rings. The summed E-state index contributed by atoms with van der Waals surface area (Å²) in [6.07, 6.45) is 1.28. The number of anilines is 1. The van der Waals surface area contributed by atoms with Crippen LogP contribution < -0.4 is 5.32 Å². The van der Waals surface area contributed by atoms with E-state index < -0.39 is 5.97 Å². The fourth-order valence-electron chi connectivity index (χ4n) is 1.33. The van der Waals surface area contributed by atoms with Crippen LogP contribution in [0.5, 0.6) is 0 Å². The summed E-state index contributed by atoms with van der Waals surface area (Å²) in [5.41, 5.74) is 1.99. The van der Waals surface area contributed by atoms with Crippen molar-refractivity contribution in [3.05, 3.63) is 30.0 Å². The number of carbonyl (C=O) groups excluding carboxylic acids is 1. The quantitative estimate of drug-likeness (QED) is 0.472. The van der Waals surface area contributed by atoms with Crippen LogP contribution in [0.1, 0.15) is 0 Å². The summed E-state index contributed by atoms with van der Waals surface area (Å²) in [7, 11) is 1.22. The lowest BCUT2D eigenvalue weighted by molar-refractivity contribution is -0.135. The summed E-state index contributed by atoms with van der Waals surface area (Å²) >= 11 is 0. The molecule has 0 atom stereocenters. The van der Waals surface area contributed by atoms with Crippen molar-refractivity contribution < 1.29 is 9.53 Å². The molecule has 0 radical (unpaired) electrons. The van der Waals surface area contributed by atoms with Crippen molar-refractivity contribution in [2.75, 3.05) is 12.4 Å². The van der Waals surface area contributed by atoms with E-state index in [0.29, 0.717) is 11.2 Å². The predicted octanol–water partition coefficient (Wildman–Crippen LogP) is 0.950. The molecule has 2 rings (SSSR count). The molecule has 0 saturated heterocycles. The minimum absolute atomic E-state index is 0.113. The fraction of sp³-hybridized carbons (Fsp3) is 0.0909. The van der Waals surface area contributed by atoms with Gasteiger partial charge in [0.05, 0.1) is 7.11 Å². The number of nitrogens with zero attached hydrogens (tertiary/aromatic N) is 3. The van der Waals surface area contributed by atoms with E-state index in [4.69, 9.17) is 5.26 Å². The summed E-state index contributed by atoms with van der Waals surface area (Å²) in [6, 6.07) is 7.00. The molecule has 0 bridgehead atoms. The summed E-state index contributed by atoms with van der Waals surface area (Å²) in [4.78, 5) is 11.2. The van der Waals surface area contributed by atoms with Gasteiger partial charge in [-0.3, -0.25) is 0 Å². The molecule has 0 amide bonds.